The third kappa shape index (κ3) is 5.10. The van der Waals surface area contributed by atoms with Gasteiger partial charge in [0.15, 0.2) is 5.78 Å². The van der Waals surface area contributed by atoms with Crippen molar-refractivity contribution in [3.63, 3.8) is 0 Å². The van der Waals surface area contributed by atoms with E-state index >= 15 is 0 Å². The number of nitrogens with one attached hydrogen (secondary N) is 1. The Morgan fingerprint density at radius 2 is 1.72 bits per heavy atom. The highest BCUT2D eigenvalue weighted by atomic mass is 16.2. The van der Waals surface area contributed by atoms with Crippen molar-refractivity contribution in [2.75, 3.05) is 39.8 Å². The van der Waals surface area contributed by atoms with Gasteiger partial charge in [-0.25, -0.2) is 4.79 Å². The van der Waals surface area contributed by atoms with Crippen LogP contribution in [0.2, 0.25) is 0 Å². The number of nitrogens with zero attached hydrogens (tertiary/aromatic N) is 3. The largest absolute Gasteiger partial charge is 0.327 e. The molecule has 1 spiro atoms. The van der Waals surface area contributed by atoms with Crippen LogP contribution in [0, 0.1) is 17.3 Å². The molecule has 0 saturated carbocycles. The topological polar surface area (TPSA) is 73.0 Å². The van der Waals surface area contributed by atoms with Crippen molar-refractivity contribution >= 4 is 17.7 Å². The van der Waals surface area contributed by atoms with E-state index in [9.17, 15) is 14.4 Å². The Labute approximate surface area is 216 Å². The Balaban J connectivity index is 1.60. The molecule has 0 aliphatic carbocycles. The minimum atomic E-state index is -0.781. The van der Waals surface area contributed by atoms with Crippen LogP contribution >= 0.6 is 0 Å². The van der Waals surface area contributed by atoms with Gasteiger partial charge in [-0.3, -0.25) is 19.4 Å². The monoisotopic (exact) mass is 496 g/mol. The number of rotatable bonds is 7. The molecule has 0 radical (unpaired) electrons. The molecule has 3 aliphatic heterocycles. The Hall–Kier alpha value is -2.25. The standard InChI is InChI=1S/C29H44N4O3/c1-20(2)19-33-27(36)31(6)26(35)29(33)12-14-32(15-13-29)25(24(34)16-28(3,4)5)23-18-30-17-22(23)21-10-8-7-9-11-21/h7-11,20,22-23,25,30H,12-19H2,1-6H3. The van der Waals surface area contributed by atoms with E-state index < -0.39 is 5.54 Å². The molecule has 3 atom stereocenters. The quantitative estimate of drug-likeness (QED) is 0.582. The van der Waals surface area contributed by atoms with Crippen molar-refractivity contribution in [1.29, 1.82) is 0 Å². The molecule has 0 aromatic heterocycles. The molecule has 0 bridgehead atoms. The molecule has 3 aliphatic rings. The van der Waals surface area contributed by atoms with Crippen LogP contribution in [0.1, 0.15) is 65.4 Å². The number of hydrogen-bond acceptors (Lipinski definition) is 5. The number of piperidine rings is 1. The summed E-state index contributed by atoms with van der Waals surface area (Å²) in [5.41, 5.74) is 0.401. The van der Waals surface area contributed by atoms with E-state index in [2.05, 4.69) is 69.1 Å². The number of imide groups is 1. The molecular formula is C29H44N4O3. The van der Waals surface area contributed by atoms with Gasteiger partial charge in [0, 0.05) is 58.0 Å². The van der Waals surface area contributed by atoms with Crippen molar-refractivity contribution in [3.05, 3.63) is 35.9 Å². The lowest BCUT2D eigenvalue weighted by atomic mass is 9.76. The van der Waals surface area contributed by atoms with Crippen LogP contribution in [0.3, 0.4) is 0 Å². The summed E-state index contributed by atoms with van der Waals surface area (Å²) in [6, 6.07) is 10.1. The molecule has 4 rings (SSSR count). The maximum absolute atomic E-state index is 13.9. The molecule has 36 heavy (non-hydrogen) atoms. The second kappa shape index (κ2) is 10.3. The summed E-state index contributed by atoms with van der Waals surface area (Å²) in [6.45, 7) is 14.1. The Morgan fingerprint density at radius 1 is 1.08 bits per heavy atom. The van der Waals surface area contributed by atoms with Crippen LogP contribution in [0.4, 0.5) is 4.79 Å². The molecule has 3 amide bonds. The summed E-state index contributed by atoms with van der Waals surface area (Å²) in [4.78, 5) is 45.7. The number of likely N-dealkylation sites (N-methyl/N-ethyl adjacent to an activating group) is 1. The maximum atomic E-state index is 13.9. The van der Waals surface area contributed by atoms with E-state index in [1.165, 1.54) is 10.5 Å². The summed E-state index contributed by atoms with van der Waals surface area (Å²) in [7, 11) is 1.60. The van der Waals surface area contributed by atoms with Crippen LogP contribution in [0.25, 0.3) is 0 Å². The zero-order chi connectivity index (χ0) is 26.3. The van der Waals surface area contributed by atoms with Gasteiger partial charge in [0.1, 0.15) is 5.54 Å². The van der Waals surface area contributed by atoms with Gasteiger partial charge in [-0.2, -0.15) is 0 Å². The van der Waals surface area contributed by atoms with Crippen LogP contribution in [-0.2, 0) is 9.59 Å². The number of Topliss-reactive ketones (excluding diaryl/α,β-unsaturated/α-hetero) is 1. The van der Waals surface area contributed by atoms with Crippen molar-refractivity contribution in [2.45, 2.75) is 71.4 Å². The number of urea groups is 1. The first-order valence-electron chi connectivity index (χ1n) is 13.6. The summed E-state index contributed by atoms with van der Waals surface area (Å²) in [6.07, 6.45) is 1.67. The van der Waals surface area contributed by atoms with Gasteiger partial charge in [-0.05, 0) is 29.7 Å². The van der Waals surface area contributed by atoms with E-state index in [-0.39, 0.29) is 46.9 Å². The fraction of sp³-hybridized carbons (Fsp3) is 0.690. The number of ketones is 1. The second-order valence-corrected chi connectivity index (χ2v) is 12.7. The average molecular weight is 497 g/mol. The molecular weight excluding hydrogens is 452 g/mol. The highest BCUT2D eigenvalue weighted by molar-refractivity contribution is 6.06. The van der Waals surface area contributed by atoms with E-state index in [0.717, 1.165) is 13.1 Å². The minimum absolute atomic E-state index is 0.0879. The van der Waals surface area contributed by atoms with Gasteiger partial charge >= 0.3 is 6.03 Å². The van der Waals surface area contributed by atoms with Crippen molar-refractivity contribution in [2.24, 2.45) is 17.3 Å². The first-order valence-corrected chi connectivity index (χ1v) is 13.6. The highest BCUT2D eigenvalue weighted by Crippen LogP contribution is 2.41. The predicted molar refractivity (Wildman–Crippen MR) is 142 cm³/mol. The SMILES string of the molecule is CC(C)CN1C(=O)N(C)C(=O)C12CCN(C(C(=O)CC(C)(C)C)C1CNCC1c1ccccc1)CC2. The summed E-state index contributed by atoms with van der Waals surface area (Å²) in [5, 5.41) is 3.56. The Morgan fingerprint density at radius 3 is 2.31 bits per heavy atom. The van der Waals surface area contributed by atoms with E-state index in [1.807, 2.05) is 11.0 Å². The molecule has 3 fully saturated rings. The fourth-order valence-electron chi connectivity index (χ4n) is 6.59. The van der Waals surface area contributed by atoms with Gasteiger partial charge in [-0.1, -0.05) is 65.0 Å². The molecule has 198 valence electrons. The number of amides is 3. The number of hydrogen-bond donors (Lipinski definition) is 1. The average Bonchev–Trinajstić information content (AvgIpc) is 3.35. The predicted octanol–water partition coefficient (Wildman–Crippen LogP) is 3.75. The Kier molecular flexibility index (Phi) is 7.63. The molecule has 3 saturated heterocycles. The Bertz CT molecular complexity index is 962. The second-order valence-electron chi connectivity index (χ2n) is 12.7. The molecule has 7 nitrogen and oxygen atoms in total. The van der Waals surface area contributed by atoms with Crippen molar-refractivity contribution in [3.8, 4) is 0 Å². The summed E-state index contributed by atoms with van der Waals surface area (Å²) in [5.74, 6) is 0.925. The zero-order valence-electron chi connectivity index (χ0n) is 22.9. The van der Waals surface area contributed by atoms with Crippen LogP contribution in [-0.4, -0.2) is 83.8 Å². The minimum Gasteiger partial charge on any atom is -0.316 e. The molecule has 1 aromatic carbocycles. The normalized spacial score (nSPS) is 25.9. The molecule has 3 unspecified atom stereocenters. The summed E-state index contributed by atoms with van der Waals surface area (Å²) < 4.78 is 0. The van der Waals surface area contributed by atoms with Crippen molar-refractivity contribution < 1.29 is 14.4 Å². The van der Waals surface area contributed by atoms with Gasteiger partial charge < -0.3 is 10.2 Å². The lowest BCUT2D eigenvalue weighted by molar-refractivity contribution is -0.136. The van der Waals surface area contributed by atoms with Crippen LogP contribution in [0.5, 0.6) is 0 Å². The first kappa shape index (κ1) is 26.8. The number of benzene rings is 1. The van der Waals surface area contributed by atoms with Gasteiger partial charge in [0.2, 0.25) is 0 Å². The lowest BCUT2D eigenvalue weighted by Gasteiger charge is -2.46. The number of likely N-dealkylation sites (tertiary alicyclic amines) is 1. The van der Waals surface area contributed by atoms with E-state index in [4.69, 9.17) is 0 Å². The van der Waals surface area contributed by atoms with Gasteiger partial charge in [-0.15, -0.1) is 0 Å². The molecule has 1 N–H and O–H groups in total. The summed E-state index contributed by atoms with van der Waals surface area (Å²) >= 11 is 0. The van der Waals surface area contributed by atoms with Crippen LogP contribution < -0.4 is 5.32 Å². The maximum Gasteiger partial charge on any atom is 0.327 e. The van der Waals surface area contributed by atoms with E-state index in [1.54, 1.807) is 7.05 Å². The first-order chi connectivity index (χ1) is 16.9. The third-order valence-electron chi connectivity index (χ3n) is 8.23. The molecule has 3 heterocycles. The highest BCUT2D eigenvalue weighted by Gasteiger charge is 2.57. The van der Waals surface area contributed by atoms with E-state index in [0.29, 0.717) is 38.9 Å². The number of carbonyl (C=O) groups is 3. The van der Waals surface area contributed by atoms with Crippen LogP contribution in [0.15, 0.2) is 30.3 Å². The zero-order valence-corrected chi connectivity index (χ0v) is 22.9. The fourth-order valence-corrected chi connectivity index (χ4v) is 6.59. The van der Waals surface area contributed by atoms with Gasteiger partial charge in [0.25, 0.3) is 5.91 Å². The molecule has 1 aromatic rings. The molecule has 7 heteroatoms. The number of carbonyl (C=O) groups excluding carboxylic acids is 3. The lowest BCUT2D eigenvalue weighted by Crippen LogP contribution is -2.60. The smallest absolute Gasteiger partial charge is 0.316 e. The van der Waals surface area contributed by atoms with Gasteiger partial charge in [0.05, 0.1) is 6.04 Å². The third-order valence-corrected chi connectivity index (χ3v) is 8.23. The van der Waals surface area contributed by atoms with Crippen molar-refractivity contribution in [1.82, 2.24) is 20.0 Å².